The fourth-order valence-electron chi connectivity index (χ4n) is 1.69. The molecule has 1 aromatic heterocycles. The van der Waals surface area contributed by atoms with Gasteiger partial charge in [0.1, 0.15) is 0 Å². The van der Waals surface area contributed by atoms with Crippen LogP contribution in [-0.4, -0.2) is 9.78 Å². The van der Waals surface area contributed by atoms with Gasteiger partial charge in [-0.1, -0.05) is 29.8 Å². The highest BCUT2D eigenvalue weighted by molar-refractivity contribution is 9.10. The first-order valence-electron chi connectivity index (χ1n) is 4.71. The summed E-state index contributed by atoms with van der Waals surface area (Å²) in [5.41, 5.74) is 2.36. The molecule has 0 radical (unpaired) electrons. The standard InChI is InChI=1S/C11H13BrN2/c1-7(2)11-9-6-8(12)4-5-10(9)14(3)13-11/h4-7H,1-3H3. The Balaban J connectivity index is 2.79. The Morgan fingerprint density at radius 3 is 2.71 bits per heavy atom. The second-order valence-corrected chi connectivity index (χ2v) is 4.74. The summed E-state index contributed by atoms with van der Waals surface area (Å²) in [6.45, 7) is 4.34. The Hall–Kier alpha value is -0.830. The average Bonchev–Trinajstić information content (AvgIpc) is 2.43. The highest BCUT2D eigenvalue weighted by Crippen LogP contribution is 2.26. The van der Waals surface area contributed by atoms with Crippen molar-refractivity contribution in [3.8, 4) is 0 Å². The van der Waals surface area contributed by atoms with E-state index < -0.39 is 0 Å². The number of nitrogens with zero attached hydrogens (tertiary/aromatic N) is 2. The van der Waals surface area contributed by atoms with E-state index >= 15 is 0 Å². The predicted octanol–water partition coefficient (Wildman–Crippen LogP) is 3.46. The molecule has 0 saturated carbocycles. The van der Waals surface area contributed by atoms with E-state index in [2.05, 4.69) is 47.0 Å². The largest absolute Gasteiger partial charge is 0.268 e. The molecule has 2 rings (SSSR count). The van der Waals surface area contributed by atoms with Gasteiger partial charge >= 0.3 is 0 Å². The lowest BCUT2D eigenvalue weighted by Crippen LogP contribution is -1.92. The van der Waals surface area contributed by atoms with Gasteiger partial charge in [-0.15, -0.1) is 0 Å². The molecule has 0 aliphatic heterocycles. The number of aromatic nitrogens is 2. The number of fused-ring (bicyclic) bond motifs is 1. The molecular weight excluding hydrogens is 240 g/mol. The third-order valence-electron chi connectivity index (χ3n) is 2.39. The minimum atomic E-state index is 0.466. The van der Waals surface area contributed by atoms with Gasteiger partial charge in [0, 0.05) is 16.9 Å². The lowest BCUT2D eigenvalue weighted by Gasteiger charge is -1.99. The number of rotatable bonds is 1. The SMILES string of the molecule is CC(C)c1nn(C)c2ccc(Br)cc12. The van der Waals surface area contributed by atoms with Crippen LogP contribution in [0.5, 0.6) is 0 Å². The highest BCUT2D eigenvalue weighted by atomic mass is 79.9. The minimum Gasteiger partial charge on any atom is -0.268 e. The van der Waals surface area contributed by atoms with Gasteiger partial charge in [-0.25, -0.2) is 0 Å². The number of aryl methyl sites for hydroxylation is 1. The van der Waals surface area contributed by atoms with Crippen molar-refractivity contribution in [1.82, 2.24) is 9.78 Å². The molecule has 2 nitrogen and oxygen atoms in total. The van der Waals surface area contributed by atoms with E-state index in [0.29, 0.717) is 5.92 Å². The van der Waals surface area contributed by atoms with Crippen LogP contribution in [0.1, 0.15) is 25.5 Å². The van der Waals surface area contributed by atoms with Crippen molar-refractivity contribution in [1.29, 1.82) is 0 Å². The Morgan fingerprint density at radius 2 is 2.07 bits per heavy atom. The molecule has 0 spiro atoms. The molecule has 74 valence electrons. The maximum absolute atomic E-state index is 4.53. The van der Waals surface area contributed by atoms with Gasteiger partial charge in [0.2, 0.25) is 0 Å². The van der Waals surface area contributed by atoms with Crippen LogP contribution >= 0.6 is 15.9 Å². The second-order valence-electron chi connectivity index (χ2n) is 3.83. The minimum absolute atomic E-state index is 0.466. The summed E-state index contributed by atoms with van der Waals surface area (Å²) in [6, 6.07) is 6.28. The Kier molecular flexibility index (Phi) is 2.35. The van der Waals surface area contributed by atoms with E-state index in [9.17, 15) is 0 Å². The quantitative estimate of drug-likeness (QED) is 0.761. The molecule has 0 fully saturated rings. The summed E-state index contributed by atoms with van der Waals surface area (Å²) in [4.78, 5) is 0. The molecule has 1 aromatic carbocycles. The molecule has 14 heavy (non-hydrogen) atoms. The lowest BCUT2D eigenvalue weighted by molar-refractivity contribution is 0.729. The van der Waals surface area contributed by atoms with Gasteiger partial charge in [0.05, 0.1) is 11.2 Å². The Labute approximate surface area is 92.0 Å². The van der Waals surface area contributed by atoms with Gasteiger partial charge in [-0.05, 0) is 24.1 Å². The van der Waals surface area contributed by atoms with Crippen molar-refractivity contribution in [3.63, 3.8) is 0 Å². The summed E-state index contributed by atoms with van der Waals surface area (Å²) in [7, 11) is 1.99. The lowest BCUT2D eigenvalue weighted by atomic mass is 10.1. The van der Waals surface area contributed by atoms with Crippen LogP contribution in [0.3, 0.4) is 0 Å². The normalized spacial score (nSPS) is 11.5. The van der Waals surface area contributed by atoms with Crippen molar-refractivity contribution in [2.24, 2.45) is 7.05 Å². The molecule has 2 aromatic rings. The summed E-state index contributed by atoms with van der Waals surface area (Å²) in [6.07, 6.45) is 0. The number of hydrogen-bond donors (Lipinski definition) is 0. The zero-order valence-electron chi connectivity index (χ0n) is 8.58. The molecule has 0 bridgehead atoms. The predicted molar refractivity (Wildman–Crippen MR) is 62.5 cm³/mol. The maximum atomic E-state index is 4.53. The van der Waals surface area contributed by atoms with Gasteiger partial charge in [0.25, 0.3) is 0 Å². The van der Waals surface area contributed by atoms with Crippen molar-refractivity contribution in [2.45, 2.75) is 19.8 Å². The fourth-order valence-corrected chi connectivity index (χ4v) is 2.05. The third kappa shape index (κ3) is 1.46. The van der Waals surface area contributed by atoms with E-state index in [1.54, 1.807) is 0 Å². The zero-order valence-corrected chi connectivity index (χ0v) is 10.2. The first kappa shape index (κ1) is 9.71. The van der Waals surface area contributed by atoms with E-state index in [4.69, 9.17) is 0 Å². The fraction of sp³-hybridized carbons (Fsp3) is 0.364. The molecule has 3 heteroatoms. The van der Waals surface area contributed by atoms with Crippen molar-refractivity contribution in [3.05, 3.63) is 28.4 Å². The van der Waals surface area contributed by atoms with Crippen LogP contribution in [-0.2, 0) is 7.05 Å². The van der Waals surface area contributed by atoms with Crippen LogP contribution in [0.15, 0.2) is 22.7 Å². The zero-order chi connectivity index (χ0) is 10.3. The van der Waals surface area contributed by atoms with Crippen LogP contribution in [0.2, 0.25) is 0 Å². The number of halogens is 1. The number of benzene rings is 1. The second kappa shape index (κ2) is 3.39. The van der Waals surface area contributed by atoms with Crippen molar-refractivity contribution >= 4 is 26.8 Å². The summed E-state index contributed by atoms with van der Waals surface area (Å²) >= 11 is 3.49. The molecular formula is C11H13BrN2. The summed E-state index contributed by atoms with van der Waals surface area (Å²) in [5, 5.41) is 5.77. The van der Waals surface area contributed by atoms with E-state index in [0.717, 1.165) is 4.47 Å². The molecule has 0 saturated heterocycles. The molecule has 0 atom stereocenters. The van der Waals surface area contributed by atoms with Crippen molar-refractivity contribution in [2.75, 3.05) is 0 Å². The van der Waals surface area contributed by atoms with Crippen LogP contribution < -0.4 is 0 Å². The van der Waals surface area contributed by atoms with Gasteiger partial charge in [0.15, 0.2) is 0 Å². The smallest absolute Gasteiger partial charge is 0.0728 e. The Bertz CT molecular complexity index is 471. The van der Waals surface area contributed by atoms with Gasteiger partial charge < -0.3 is 0 Å². The number of hydrogen-bond acceptors (Lipinski definition) is 1. The molecule has 0 unspecified atom stereocenters. The van der Waals surface area contributed by atoms with Crippen LogP contribution in [0, 0.1) is 0 Å². The summed E-state index contributed by atoms with van der Waals surface area (Å²) < 4.78 is 3.05. The van der Waals surface area contributed by atoms with E-state index in [-0.39, 0.29) is 0 Å². The monoisotopic (exact) mass is 252 g/mol. The molecule has 0 amide bonds. The molecule has 0 N–H and O–H groups in total. The maximum Gasteiger partial charge on any atom is 0.0728 e. The third-order valence-corrected chi connectivity index (χ3v) is 2.88. The van der Waals surface area contributed by atoms with E-state index in [1.807, 2.05) is 17.8 Å². The van der Waals surface area contributed by atoms with Crippen LogP contribution in [0.25, 0.3) is 10.9 Å². The molecule has 1 heterocycles. The van der Waals surface area contributed by atoms with Crippen LogP contribution in [0.4, 0.5) is 0 Å². The molecule has 0 aliphatic rings. The van der Waals surface area contributed by atoms with Gasteiger partial charge in [-0.3, -0.25) is 4.68 Å². The van der Waals surface area contributed by atoms with Gasteiger partial charge in [-0.2, -0.15) is 5.10 Å². The Morgan fingerprint density at radius 1 is 1.36 bits per heavy atom. The summed E-state index contributed by atoms with van der Waals surface area (Å²) in [5.74, 6) is 0.466. The first-order valence-corrected chi connectivity index (χ1v) is 5.51. The van der Waals surface area contributed by atoms with Crippen molar-refractivity contribution < 1.29 is 0 Å². The first-order chi connectivity index (χ1) is 6.59. The van der Waals surface area contributed by atoms with E-state index in [1.165, 1.54) is 16.6 Å². The topological polar surface area (TPSA) is 17.8 Å². The molecule has 0 aliphatic carbocycles. The highest BCUT2D eigenvalue weighted by Gasteiger charge is 2.11. The average molecular weight is 253 g/mol.